The number of aryl methyl sites for hydroxylation is 2. The summed E-state index contributed by atoms with van der Waals surface area (Å²) in [5.74, 6) is 0.810. The Balaban J connectivity index is 1.61. The van der Waals surface area contributed by atoms with Crippen molar-refractivity contribution < 1.29 is 14.3 Å². The second kappa shape index (κ2) is 10.0. The molecule has 1 amide bonds. The van der Waals surface area contributed by atoms with Crippen molar-refractivity contribution in [1.29, 1.82) is 0 Å². The summed E-state index contributed by atoms with van der Waals surface area (Å²) in [6, 6.07) is 4.37. The number of Topliss-reactive ketones (excluding diaryl/α,β-unsaturated/α-hetero) is 1. The zero-order valence-corrected chi connectivity index (χ0v) is 23.0. The van der Waals surface area contributed by atoms with Gasteiger partial charge in [-0.1, -0.05) is 13.8 Å². The van der Waals surface area contributed by atoms with Gasteiger partial charge in [0, 0.05) is 17.5 Å². The first kappa shape index (κ1) is 25.6. The van der Waals surface area contributed by atoms with Gasteiger partial charge in [0.2, 0.25) is 0 Å². The van der Waals surface area contributed by atoms with Crippen LogP contribution in [0.5, 0.6) is 5.75 Å². The van der Waals surface area contributed by atoms with Crippen molar-refractivity contribution >= 4 is 38.9 Å². The molecule has 0 saturated heterocycles. The lowest BCUT2D eigenvalue weighted by Crippen LogP contribution is -2.42. The number of likely N-dealkylation sites (N-methyl/N-ethyl adjacent to an activating group) is 1. The lowest BCUT2D eigenvalue weighted by atomic mass is 9.97. The average molecular weight is 523 g/mol. The third-order valence-electron chi connectivity index (χ3n) is 7.71. The number of ether oxygens (including phenoxy) is 1. The zero-order chi connectivity index (χ0) is 26.4. The molecule has 0 saturated carbocycles. The Morgan fingerprint density at radius 2 is 1.95 bits per heavy atom. The molecule has 2 atom stereocenters. The van der Waals surface area contributed by atoms with Gasteiger partial charge in [0.15, 0.2) is 11.9 Å². The molecule has 3 heterocycles. The van der Waals surface area contributed by atoms with E-state index in [2.05, 4.69) is 18.7 Å². The molecule has 0 spiro atoms. The molecular formula is C28H34N4O4S. The van der Waals surface area contributed by atoms with Gasteiger partial charge >= 0.3 is 0 Å². The van der Waals surface area contributed by atoms with Crippen LogP contribution in [0.1, 0.15) is 73.2 Å². The second-order valence-electron chi connectivity index (χ2n) is 9.94. The van der Waals surface area contributed by atoms with E-state index in [4.69, 9.17) is 9.72 Å². The molecular weight excluding hydrogens is 488 g/mol. The monoisotopic (exact) mass is 522 g/mol. The highest BCUT2D eigenvalue weighted by atomic mass is 32.1. The molecule has 1 aliphatic heterocycles. The minimum absolute atomic E-state index is 0.130. The fraction of sp³-hybridized carbons (Fsp3) is 0.500. The van der Waals surface area contributed by atoms with Gasteiger partial charge in [-0.05, 0) is 76.4 Å². The highest BCUT2D eigenvalue weighted by molar-refractivity contribution is 7.18. The summed E-state index contributed by atoms with van der Waals surface area (Å²) in [7, 11) is 1.68. The Labute approximate surface area is 220 Å². The van der Waals surface area contributed by atoms with Crippen molar-refractivity contribution in [2.45, 2.75) is 72.1 Å². The first-order chi connectivity index (χ1) is 17.7. The summed E-state index contributed by atoms with van der Waals surface area (Å²) < 4.78 is 7.33. The van der Waals surface area contributed by atoms with Gasteiger partial charge in [-0.15, -0.1) is 11.3 Å². The predicted octanol–water partition coefficient (Wildman–Crippen LogP) is 4.37. The molecule has 0 bridgehead atoms. The molecule has 9 heteroatoms. The average Bonchev–Trinajstić information content (AvgIpc) is 3.28. The minimum Gasteiger partial charge on any atom is -0.479 e. The standard InChI is InChI=1S/C28H34N4O4S/c1-6-31(7-2)15-23-29-26-24(19-10-8-9-11-22(19)37-26)28(35)32(23)16(3)25(33)18-12-13-21-20(14-18)30(5)27(34)17(4)36-21/h12-14,16-17H,6-11,15H2,1-5H3. The van der Waals surface area contributed by atoms with E-state index >= 15 is 0 Å². The van der Waals surface area contributed by atoms with Crippen LogP contribution < -0.4 is 15.2 Å². The van der Waals surface area contributed by atoms with Crippen molar-refractivity contribution in [2.75, 3.05) is 25.0 Å². The molecule has 0 N–H and O–H groups in total. The van der Waals surface area contributed by atoms with E-state index in [0.29, 0.717) is 34.8 Å². The van der Waals surface area contributed by atoms with Crippen molar-refractivity contribution in [3.05, 3.63) is 50.4 Å². The van der Waals surface area contributed by atoms with Crippen LogP contribution in [0.4, 0.5) is 5.69 Å². The molecule has 1 aliphatic carbocycles. The van der Waals surface area contributed by atoms with Crippen LogP contribution in [0.3, 0.4) is 0 Å². The molecule has 196 valence electrons. The lowest BCUT2D eigenvalue weighted by Gasteiger charge is -2.30. The second-order valence-corrected chi connectivity index (χ2v) is 11.0. The minimum atomic E-state index is -0.753. The van der Waals surface area contributed by atoms with Gasteiger partial charge < -0.3 is 9.64 Å². The summed E-state index contributed by atoms with van der Waals surface area (Å²) in [4.78, 5) is 51.1. The summed E-state index contributed by atoms with van der Waals surface area (Å²) in [6.07, 6.45) is 3.49. The van der Waals surface area contributed by atoms with E-state index in [1.54, 1.807) is 55.0 Å². The Kier molecular flexibility index (Phi) is 6.93. The molecule has 5 rings (SSSR count). The molecule has 3 aromatic rings. The summed E-state index contributed by atoms with van der Waals surface area (Å²) >= 11 is 1.63. The highest BCUT2D eigenvalue weighted by Gasteiger charge is 2.31. The zero-order valence-electron chi connectivity index (χ0n) is 22.2. The smallest absolute Gasteiger partial charge is 0.267 e. The van der Waals surface area contributed by atoms with Crippen LogP contribution in [0.25, 0.3) is 10.2 Å². The number of carbonyl (C=O) groups excluding carboxylic acids is 2. The third kappa shape index (κ3) is 4.38. The molecule has 37 heavy (non-hydrogen) atoms. The Morgan fingerprint density at radius 1 is 1.22 bits per heavy atom. The van der Waals surface area contributed by atoms with E-state index in [9.17, 15) is 14.4 Å². The fourth-order valence-electron chi connectivity index (χ4n) is 5.44. The quantitative estimate of drug-likeness (QED) is 0.429. The molecule has 2 unspecified atom stereocenters. The van der Waals surface area contributed by atoms with E-state index in [1.807, 2.05) is 0 Å². The van der Waals surface area contributed by atoms with Crippen molar-refractivity contribution in [3.63, 3.8) is 0 Å². The van der Waals surface area contributed by atoms with Gasteiger partial charge in [-0.25, -0.2) is 4.98 Å². The number of thiophene rings is 1. The summed E-state index contributed by atoms with van der Waals surface area (Å²) in [5.41, 5.74) is 1.97. The Morgan fingerprint density at radius 3 is 2.68 bits per heavy atom. The summed E-state index contributed by atoms with van der Waals surface area (Å²) in [5, 5.41) is 0.681. The van der Waals surface area contributed by atoms with Crippen molar-refractivity contribution in [1.82, 2.24) is 14.5 Å². The van der Waals surface area contributed by atoms with Crippen LogP contribution in [0.2, 0.25) is 0 Å². The topological polar surface area (TPSA) is 84.7 Å². The number of benzene rings is 1. The SMILES string of the molecule is CCN(CC)Cc1nc2sc3c(c2c(=O)n1C(C)C(=O)c1ccc2c(c1)N(C)C(=O)C(C)O2)CCCC3. The lowest BCUT2D eigenvalue weighted by molar-refractivity contribution is -0.125. The Hall–Kier alpha value is -3.04. The highest BCUT2D eigenvalue weighted by Crippen LogP contribution is 2.36. The molecule has 8 nitrogen and oxygen atoms in total. The number of carbonyl (C=O) groups is 2. The molecule has 2 aliphatic rings. The number of ketones is 1. The fourth-order valence-corrected chi connectivity index (χ4v) is 6.71. The first-order valence-corrected chi connectivity index (χ1v) is 14.0. The van der Waals surface area contributed by atoms with Crippen LogP contribution >= 0.6 is 11.3 Å². The van der Waals surface area contributed by atoms with Crippen LogP contribution in [-0.4, -0.2) is 52.4 Å². The maximum atomic E-state index is 14.1. The number of hydrogen-bond acceptors (Lipinski definition) is 7. The van der Waals surface area contributed by atoms with Gasteiger partial charge in [-0.2, -0.15) is 0 Å². The number of nitrogens with zero attached hydrogens (tertiary/aromatic N) is 4. The number of hydrogen-bond donors (Lipinski definition) is 0. The molecule has 1 aromatic carbocycles. The predicted molar refractivity (Wildman–Crippen MR) is 146 cm³/mol. The maximum Gasteiger partial charge on any atom is 0.267 e. The number of rotatable bonds is 7. The molecule has 2 aromatic heterocycles. The molecule has 0 radical (unpaired) electrons. The van der Waals surface area contributed by atoms with Gasteiger partial charge in [0.25, 0.3) is 11.5 Å². The Bertz CT molecular complexity index is 1440. The third-order valence-corrected chi connectivity index (χ3v) is 8.89. The van der Waals surface area contributed by atoms with Crippen LogP contribution in [0, 0.1) is 0 Å². The van der Waals surface area contributed by atoms with E-state index in [0.717, 1.165) is 49.2 Å². The van der Waals surface area contributed by atoms with E-state index in [-0.39, 0.29) is 17.2 Å². The number of amides is 1. The summed E-state index contributed by atoms with van der Waals surface area (Å²) in [6.45, 7) is 9.77. The van der Waals surface area contributed by atoms with Gasteiger partial charge in [-0.3, -0.25) is 23.9 Å². The number of aromatic nitrogens is 2. The molecule has 0 fully saturated rings. The number of fused-ring (bicyclic) bond motifs is 4. The maximum absolute atomic E-state index is 14.1. The van der Waals surface area contributed by atoms with Crippen LogP contribution in [0.15, 0.2) is 23.0 Å². The van der Waals surface area contributed by atoms with E-state index in [1.165, 1.54) is 9.78 Å². The van der Waals surface area contributed by atoms with Crippen molar-refractivity contribution in [3.8, 4) is 5.75 Å². The number of anilines is 1. The van der Waals surface area contributed by atoms with Crippen LogP contribution in [-0.2, 0) is 24.2 Å². The normalized spacial score (nSPS) is 18.1. The van der Waals surface area contributed by atoms with Crippen molar-refractivity contribution in [2.24, 2.45) is 0 Å². The van der Waals surface area contributed by atoms with E-state index < -0.39 is 12.1 Å². The first-order valence-electron chi connectivity index (χ1n) is 13.2. The van der Waals surface area contributed by atoms with Gasteiger partial charge in [0.05, 0.1) is 23.7 Å². The van der Waals surface area contributed by atoms with Gasteiger partial charge in [0.1, 0.15) is 16.4 Å². The largest absolute Gasteiger partial charge is 0.479 e.